The van der Waals surface area contributed by atoms with Crippen molar-refractivity contribution in [2.45, 2.75) is 32.3 Å². The summed E-state index contributed by atoms with van der Waals surface area (Å²) in [7, 11) is 0. The van der Waals surface area contributed by atoms with Crippen LogP contribution in [0.3, 0.4) is 0 Å². The third kappa shape index (κ3) is 4.07. The minimum Gasteiger partial charge on any atom is -0.457 e. The molecule has 2 N–H and O–H groups in total. The molecule has 1 aliphatic rings. The molecule has 0 radical (unpaired) electrons. The molecule has 0 saturated carbocycles. The molecular formula is C10H19NO3. The quantitative estimate of drug-likeness (QED) is 0.642. The van der Waals surface area contributed by atoms with E-state index < -0.39 is 0 Å². The Morgan fingerprint density at radius 2 is 2.29 bits per heavy atom. The number of hydrogen-bond acceptors (Lipinski definition) is 4. The lowest BCUT2D eigenvalue weighted by Gasteiger charge is -2.25. The molecular weight excluding hydrogens is 182 g/mol. The van der Waals surface area contributed by atoms with Crippen LogP contribution < -0.4 is 5.73 Å². The largest absolute Gasteiger partial charge is 0.457 e. The Labute approximate surface area is 84.7 Å². The highest BCUT2D eigenvalue weighted by molar-refractivity contribution is 5.69. The predicted octanol–water partition coefficient (Wildman–Crippen LogP) is 0.693. The Morgan fingerprint density at radius 1 is 1.57 bits per heavy atom. The maximum atomic E-state index is 11.2. The first-order valence-electron chi connectivity index (χ1n) is 5.19. The van der Waals surface area contributed by atoms with Crippen molar-refractivity contribution in [3.63, 3.8) is 0 Å². The molecule has 1 fully saturated rings. The van der Waals surface area contributed by atoms with E-state index >= 15 is 0 Å². The minimum absolute atomic E-state index is 0.00677. The maximum Gasteiger partial charge on any atom is 0.306 e. The Balaban J connectivity index is 2.01. The van der Waals surface area contributed by atoms with Crippen LogP contribution in [-0.2, 0) is 14.3 Å². The van der Waals surface area contributed by atoms with Gasteiger partial charge in [0, 0.05) is 6.42 Å². The monoisotopic (exact) mass is 201 g/mol. The molecule has 4 nitrogen and oxygen atoms in total. The molecule has 1 heterocycles. The fraction of sp³-hybridized carbons (Fsp3) is 0.900. The first kappa shape index (κ1) is 11.5. The first-order chi connectivity index (χ1) is 6.72. The Hall–Kier alpha value is -0.610. The van der Waals surface area contributed by atoms with Crippen LogP contribution in [-0.4, -0.2) is 31.8 Å². The van der Waals surface area contributed by atoms with Crippen molar-refractivity contribution in [2.24, 2.45) is 11.7 Å². The van der Waals surface area contributed by atoms with E-state index in [-0.39, 0.29) is 12.1 Å². The highest BCUT2D eigenvalue weighted by atomic mass is 16.6. The van der Waals surface area contributed by atoms with Gasteiger partial charge in [-0.05, 0) is 25.3 Å². The summed E-state index contributed by atoms with van der Waals surface area (Å²) in [5.74, 6) is 0.396. The minimum atomic E-state index is -0.109. The van der Waals surface area contributed by atoms with Crippen LogP contribution in [0.1, 0.15) is 26.2 Å². The van der Waals surface area contributed by atoms with E-state index in [0.717, 1.165) is 12.8 Å². The average molecular weight is 201 g/mol. The van der Waals surface area contributed by atoms with Crippen LogP contribution in [0.25, 0.3) is 0 Å². The number of carbonyl (C=O) groups excluding carboxylic acids is 1. The molecule has 0 aliphatic carbocycles. The van der Waals surface area contributed by atoms with Gasteiger partial charge >= 0.3 is 5.97 Å². The lowest BCUT2D eigenvalue weighted by molar-refractivity contribution is -0.172. The zero-order chi connectivity index (χ0) is 10.4. The number of rotatable bonds is 6. The van der Waals surface area contributed by atoms with Crippen molar-refractivity contribution in [1.82, 2.24) is 0 Å². The van der Waals surface area contributed by atoms with Crippen LogP contribution >= 0.6 is 0 Å². The molecule has 1 atom stereocenters. The van der Waals surface area contributed by atoms with Gasteiger partial charge in [0.1, 0.15) is 6.10 Å². The van der Waals surface area contributed by atoms with Gasteiger partial charge in [0.25, 0.3) is 0 Å². The van der Waals surface area contributed by atoms with E-state index in [0.29, 0.717) is 32.1 Å². The van der Waals surface area contributed by atoms with Crippen LogP contribution in [0.15, 0.2) is 0 Å². The van der Waals surface area contributed by atoms with Gasteiger partial charge in [-0.15, -0.1) is 0 Å². The molecule has 0 spiro atoms. The van der Waals surface area contributed by atoms with Crippen molar-refractivity contribution >= 4 is 5.97 Å². The molecule has 0 amide bonds. The normalized spacial score (nSPS) is 18.7. The number of hydrogen-bond donors (Lipinski definition) is 1. The van der Waals surface area contributed by atoms with Crippen LogP contribution in [0.2, 0.25) is 0 Å². The predicted molar refractivity (Wildman–Crippen MR) is 52.8 cm³/mol. The standard InChI is InChI=1S/C10H19NO3/c1-8(4-5-11)2-3-10(12)14-9-6-13-7-9/h8-9H,2-7,11H2,1H3. The highest BCUT2D eigenvalue weighted by Gasteiger charge is 2.22. The second kappa shape index (κ2) is 5.98. The van der Waals surface area contributed by atoms with E-state index in [1.54, 1.807) is 0 Å². The van der Waals surface area contributed by atoms with Gasteiger partial charge in [0.05, 0.1) is 13.2 Å². The van der Waals surface area contributed by atoms with Gasteiger partial charge in [-0.2, -0.15) is 0 Å². The van der Waals surface area contributed by atoms with E-state index in [9.17, 15) is 4.79 Å². The maximum absolute atomic E-state index is 11.2. The van der Waals surface area contributed by atoms with Crippen molar-refractivity contribution in [2.75, 3.05) is 19.8 Å². The molecule has 0 bridgehead atoms. The summed E-state index contributed by atoms with van der Waals surface area (Å²) in [5.41, 5.74) is 5.41. The van der Waals surface area contributed by atoms with Gasteiger partial charge < -0.3 is 15.2 Å². The molecule has 0 aromatic heterocycles. The van der Waals surface area contributed by atoms with Crippen LogP contribution in [0.5, 0.6) is 0 Å². The second-order valence-electron chi connectivity index (χ2n) is 3.87. The topological polar surface area (TPSA) is 61.6 Å². The van der Waals surface area contributed by atoms with Crippen molar-refractivity contribution < 1.29 is 14.3 Å². The third-order valence-corrected chi connectivity index (χ3v) is 2.41. The lowest BCUT2D eigenvalue weighted by Crippen LogP contribution is -2.37. The van der Waals surface area contributed by atoms with Gasteiger partial charge in [0.2, 0.25) is 0 Å². The zero-order valence-electron chi connectivity index (χ0n) is 8.70. The van der Waals surface area contributed by atoms with Gasteiger partial charge in [-0.3, -0.25) is 4.79 Å². The number of ether oxygens (including phenoxy) is 2. The summed E-state index contributed by atoms with van der Waals surface area (Å²) in [6.07, 6.45) is 2.34. The smallest absolute Gasteiger partial charge is 0.306 e. The highest BCUT2D eigenvalue weighted by Crippen LogP contribution is 2.12. The summed E-state index contributed by atoms with van der Waals surface area (Å²) >= 11 is 0. The summed E-state index contributed by atoms with van der Waals surface area (Å²) in [4.78, 5) is 11.2. The van der Waals surface area contributed by atoms with Crippen molar-refractivity contribution in [1.29, 1.82) is 0 Å². The SMILES string of the molecule is CC(CCN)CCC(=O)OC1COC1. The molecule has 0 aromatic carbocycles. The molecule has 1 unspecified atom stereocenters. The van der Waals surface area contributed by atoms with E-state index in [1.807, 2.05) is 0 Å². The summed E-state index contributed by atoms with van der Waals surface area (Å²) in [6, 6.07) is 0. The Morgan fingerprint density at radius 3 is 2.79 bits per heavy atom. The molecule has 82 valence electrons. The van der Waals surface area contributed by atoms with E-state index in [1.165, 1.54) is 0 Å². The Kier molecular flexibility index (Phi) is 4.90. The average Bonchev–Trinajstić information content (AvgIpc) is 2.09. The van der Waals surface area contributed by atoms with E-state index in [2.05, 4.69) is 6.92 Å². The fourth-order valence-electron chi connectivity index (χ4n) is 1.32. The van der Waals surface area contributed by atoms with Crippen molar-refractivity contribution in [3.05, 3.63) is 0 Å². The van der Waals surface area contributed by atoms with Gasteiger partial charge in [-0.1, -0.05) is 6.92 Å². The first-order valence-corrected chi connectivity index (χ1v) is 5.19. The molecule has 14 heavy (non-hydrogen) atoms. The number of esters is 1. The number of carbonyl (C=O) groups is 1. The summed E-state index contributed by atoms with van der Waals surface area (Å²) < 4.78 is 10.0. The van der Waals surface area contributed by atoms with Crippen molar-refractivity contribution in [3.8, 4) is 0 Å². The third-order valence-electron chi connectivity index (χ3n) is 2.41. The molecule has 1 rings (SSSR count). The number of nitrogens with two attached hydrogens (primary N) is 1. The van der Waals surface area contributed by atoms with Crippen LogP contribution in [0, 0.1) is 5.92 Å². The van der Waals surface area contributed by atoms with E-state index in [4.69, 9.17) is 15.2 Å². The molecule has 0 aromatic rings. The fourth-order valence-corrected chi connectivity index (χ4v) is 1.32. The summed E-state index contributed by atoms with van der Waals surface area (Å²) in [5, 5.41) is 0. The summed E-state index contributed by atoms with van der Waals surface area (Å²) in [6.45, 7) is 3.91. The zero-order valence-corrected chi connectivity index (χ0v) is 8.70. The van der Waals surface area contributed by atoms with Crippen LogP contribution in [0.4, 0.5) is 0 Å². The molecule has 1 aliphatic heterocycles. The molecule has 1 saturated heterocycles. The van der Waals surface area contributed by atoms with Gasteiger partial charge in [-0.25, -0.2) is 0 Å². The molecule has 4 heteroatoms. The lowest BCUT2D eigenvalue weighted by atomic mass is 10.0. The van der Waals surface area contributed by atoms with Gasteiger partial charge in [0.15, 0.2) is 0 Å². The second-order valence-corrected chi connectivity index (χ2v) is 3.87. The Bertz CT molecular complexity index is 180.